The van der Waals surface area contributed by atoms with Crippen LogP contribution in [-0.4, -0.2) is 0 Å². The van der Waals surface area contributed by atoms with Crippen molar-refractivity contribution < 1.29 is 9.13 Å². The van der Waals surface area contributed by atoms with Crippen LogP contribution in [-0.2, 0) is 6.61 Å². The SMILES string of the molecule is N#CC(=Cc1ccc(OCc2cccc(F)c2)c(Br)c1)c1ccccc1Cl. The summed E-state index contributed by atoms with van der Waals surface area (Å²) in [6, 6.07) is 21.2. The van der Waals surface area contributed by atoms with Crippen LogP contribution in [0.2, 0.25) is 5.02 Å². The van der Waals surface area contributed by atoms with Crippen LogP contribution in [0.5, 0.6) is 5.75 Å². The largest absolute Gasteiger partial charge is 0.488 e. The lowest BCUT2D eigenvalue weighted by atomic mass is 10.0. The third kappa shape index (κ3) is 4.97. The van der Waals surface area contributed by atoms with Crippen LogP contribution in [0, 0.1) is 17.1 Å². The standard InChI is InChI=1S/C22H14BrClFNO/c23-20-12-15(10-17(13-26)19-6-1-2-7-21(19)24)8-9-22(20)27-14-16-4-3-5-18(25)11-16/h1-12H,14H2. The summed E-state index contributed by atoms with van der Waals surface area (Å²) in [5.41, 5.74) is 2.73. The van der Waals surface area contributed by atoms with Crippen molar-refractivity contribution in [2.45, 2.75) is 6.61 Å². The number of ether oxygens (including phenoxy) is 1. The average Bonchev–Trinajstić information content (AvgIpc) is 2.66. The molecule has 0 saturated heterocycles. The van der Waals surface area contributed by atoms with Crippen LogP contribution >= 0.6 is 27.5 Å². The molecule has 0 aliphatic heterocycles. The van der Waals surface area contributed by atoms with Crippen molar-refractivity contribution in [1.82, 2.24) is 0 Å². The van der Waals surface area contributed by atoms with E-state index in [2.05, 4.69) is 22.0 Å². The Bertz CT molecular complexity index is 1040. The predicted octanol–water partition coefficient (Wildman–Crippen LogP) is 6.88. The van der Waals surface area contributed by atoms with Gasteiger partial charge in [0.1, 0.15) is 18.2 Å². The first-order valence-corrected chi connectivity index (χ1v) is 9.27. The van der Waals surface area contributed by atoms with E-state index >= 15 is 0 Å². The van der Waals surface area contributed by atoms with Gasteiger partial charge in [0, 0.05) is 10.6 Å². The Morgan fingerprint density at radius 2 is 1.93 bits per heavy atom. The van der Waals surface area contributed by atoms with E-state index in [1.165, 1.54) is 12.1 Å². The molecule has 0 fully saturated rings. The molecular weight excluding hydrogens is 429 g/mol. The zero-order chi connectivity index (χ0) is 19.2. The fraction of sp³-hybridized carbons (Fsp3) is 0.0455. The first kappa shape index (κ1) is 19.2. The first-order chi connectivity index (χ1) is 13.1. The number of halogens is 3. The zero-order valence-corrected chi connectivity index (χ0v) is 16.5. The number of nitrogens with zero attached hydrogens (tertiary/aromatic N) is 1. The second-order valence-corrected chi connectivity index (χ2v) is 7.02. The lowest BCUT2D eigenvalue weighted by Gasteiger charge is -2.09. The summed E-state index contributed by atoms with van der Waals surface area (Å²) in [6.45, 7) is 0.259. The number of nitriles is 1. The predicted molar refractivity (Wildman–Crippen MR) is 110 cm³/mol. The van der Waals surface area contributed by atoms with Gasteiger partial charge in [-0.05, 0) is 63.5 Å². The van der Waals surface area contributed by atoms with Crippen molar-refractivity contribution in [1.29, 1.82) is 5.26 Å². The molecule has 0 radical (unpaired) electrons. The van der Waals surface area contributed by atoms with Gasteiger partial charge < -0.3 is 4.74 Å². The maximum Gasteiger partial charge on any atom is 0.134 e. The van der Waals surface area contributed by atoms with Crippen LogP contribution in [0.3, 0.4) is 0 Å². The highest BCUT2D eigenvalue weighted by molar-refractivity contribution is 9.10. The van der Waals surface area contributed by atoms with E-state index in [4.69, 9.17) is 16.3 Å². The minimum Gasteiger partial charge on any atom is -0.488 e. The van der Waals surface area contributed by atoms with E-state index in [1.807, 2.05) is 30.3 Å². The van der Waals surface area contributed by atoms with E-state index in [1.54, 1.807) is 30.3 Å². The third-order valence-electron chi connectivity index (χ3n) is 3.83. The molecular formula is C22H14BrClFNO. The minimum atomic E-state index is -0.292. The molecule has 0 aliphatic carbocycles. The normalized spacial score (nSPS) is 11.1. The van der Waals surface area contributed by atoms with Gasteiger partial charge in [0.05, 0.1) is 16.1 Å². The highest BCUT2D eigenvalue weighted by Crippen LogP contribution is 2.30. The Morgan fingerprint density at radius 1 is 1.11 bits per heavy atom. The van der Waals surface area contributed by atoms with E-state index in [9.17, 15) is 9.65 Å². The molecule has 134 valence electrons. The monoisotopic (exact) mass is 441 g/mol. The lowest BCUT2D eigenvalue weighted by Crippen LogP contribution is -1.96. The summed E-state index contributed by atoms with van der Waals surface area (Å²) in [6.07, 6.45) is 1.77. The smallest absolute Gasteiger partial charge is 0.134 e. The molecule has 5 heteroatoms. The Labute approximate surface area is 170 Å². The maximum atomic E-state index is 13.2. The van der Waals surface area contributed by atoms with Crippen molar-refractivity contribution in [2.24, 2.45) is 0 Å². The molecule has 0 atom stereocenters. The molecule has 0 amide bonds. The summed E-state index contributed by atoms with van der Waals surface area (Å²) in [7, 11) is 0. The Hall–Kier alpha value is -2.61. The molecule has 2 nitrogen and oxygen atoms in total. The van der Waals surface area contributed by atoms with Crippen molar-refractivity contribution in [2.75, 3.05) is 0 Å². The molecule has 3 aromatic rings. The van der Waals surface area contributed by atoms with Gasteiger partial charge >= 0.3 is 0 Å². The highest BCUT2D eigenvalue weighted by Gasteiger charge is 2.07. The Morgan fingerprint density at radius 3 is 2.63 bits per heavy atom. The number of hydrogen-bond donors (Lipinski definition) is 0. The van der Waals surface area contributed by atoms with E-state index in [0.29, 0.717) is 21.9 Å². The molecule has 0 N–H and O–H groups in total. The Balaban J connectivity index is 1.80. The van der Waals surface area contributed by atoms with Gasteiger partial charge in [-0.25, -0.2) is 4.39 Å². The van der Waals surface area contributed by atoms with Crippen LogP contribution in [0.25, 0.3) is 11.6 Å². The Kier molecular flexibility index (Phi) is 6.28. The number of allylic oxidation sites excluding steroid dienone is 1. The quantitative estimate of drug-likeness (QED) is 0.318. The number of rotatable bonds is 5. The van der Waals surface area contributed by atoms with E-state index < -0.39 is 0 Å². The average molecular weight is 443 g/mol. The van der Waals surface area contributed by atoms with Gasteiger partial charge in [0.2, 0.25) is 0 Å². The maximum absolute atomic E-state index is 13.2. The fourth-order valence-electron chi connectivity index (χ4n) is 2.53. The van der Waals surface area contributed by atoms with Gasteiger partial charge in [-0.3, -0.25) is 0 Å². The fourth-order valence-corrected chi connectivity index (χ4v) is 3.28. The summed E-state index contributed by atoms with van der Waals surface area (Å²) in [5.74, 6) is 0.340. The van der Waals surface area contributed by atoms with Crippen molar-refractivity contribution in [3.8, 4) is 11.8 Å². The summed E-state index contributed by atoms with van der Waals surface area (Å²) in [5, 5.41) is 10.0. The molecule has 0 spiro atoms. The molecule has 0 aromatic heterocycles. The summed E-state index contributed by atoms with van der Waals surface area (Å²) in [4.78, 5) is 0. The lowest BCUT2D eigenvalue weighted by molar-refractivity contribution is 0.303. The second-order valence-electron chi connectivity index (χ2n) is 5.76. The van der Waals surface area contributed by atoms with Crippen LogP contribution in [0.4, 0.5) is 4.39 Å². The molecule has 0 heterocycles. The van der Waals surface area contributed by atoms with Gasteiger partial charge in [-0.15, -0.1) is 0 Å². The minimum absolute atomic E-state index is 0.259. The van der Waals surface area contributed by atoms with Gasteiger partial charge in [-0.2, -0.15) is 5.26 Å². The van der Waals surface area contributed by atoms with Crippen LogP contribution < -0.4 is 4.74 Å². The van der Waals surface area contributed by atoms with E-state index in [0.717, 1.165) is 15.6 Å². The number of benzene rings is 3. The molecule has 0 aliphatic rings. The van der Waals surface area contributed by atoms with Gasteiger partial charge in [-0.1, -0.05) is 48.0 Å². The van der Waals surface area contributed by atoms with Crippen molar-refractivity contribution in [3.05, 3.63) is 98.7 Å². The van der Waals surface area contributed by atoms with Crippen molar-refractivity contribution in [3.63, 3.8) is 0 Å². The summed E-state index contributed by atoms with van der Waals surface area (Å²) < 4.78 is 19.7. The zero-order valence-electron chi connectivity index (χ0n) is 14.1. The molecule has 27 heavy (non-hydrogen) atoms. The molecule has 0 unspecified atom stereocenters. The highest BCUT2D eigenvalue weighted by atomic mass is 79.9. The van der Waals surface area contributed by atoms with Crippen LogP contribution in [0.15, 0.2) is 71.2 Å². The topological polar surface area (TPSA) is 33.0 Å². The second kappa shape index (κ2) is 8.85. The van der Waals surface area contributed by atoms with Crippen LogP contribution in [0.1, 0.15) is 16.7 Å². The molecule has 3 rings (SSSR count). The molecule has 0 bridgehead atoms. The summed E-state index contributed by atoms with van der Waals surface area (Å²) >= 11 is 9.66. The molecule has 0 saturated carbocycles. The molecule has 3 aromatic carbocycles. The van der Waals surface area contributed by atoms with Crippen molar-refractivity contribution >= 4 is 39.2 Å². The van der Waals surface area contributed by atoms with E-state index in [-0.39, 0.29) is 12.4 Å². The number of hydrogen-bond acceptors (Lipinski definition) is 2. The van der Waals surface area contributed by atoms with Gasteiger partial charge in [0.25, 0.3) is 0 Å². The van der Waals surface area contributed by atoms with Gasteiger partial charge in [0.15, 0.2) is 0 Å². The third-order valence-corrected chi connectivity index (χ3v) is 4.78. The first-order valence-electron chi connectivity index (χ1n) is 8.10.